The molecule has 2 aromatic carbocycles. The fraction of sp³-hybridized carbons (Fsp3) is 0.217. The highest BCUT2D eigenvalue weighted by molar-refractivity contribution is 8.18. The molecule has 9 nitrogen and oxygen atoms in total. The minimum Gasteiger partial charge on any atom is -0.493 e. The molecule has 1 heterocycles. The first-order valence-electron chi connectivity index (χ1n) is 9.91. The van der Waals surface area contributed by atoms with Gasteiger partial charge in [-0.1, -0.05) is 29.3 Å². The molecule has 1 saturated heterocycles. The Labute approximate surface area is 205 Å². The lowest BCUT2D eigenvalue weighted by Gasteiger charge is -2.13. The molecule has 34 heavy (non-hydrogen) atoms. The summed E-state index contributed by atoms with van der Waals surface area (Å²) < 4.78 is 15.2. The molecule has 0 saturated carbocycles. The van der Waals surface area contributed by atoms with Gasteiger partial charge in [0.1, 0.15) is 6.54 Å². The average Bonchev–Trinajstić information content (AvgIpc) is 3.06. The van der Waals surface area contributed by atoms with Crippen LogP contribution in [0.25, 0.3) is 6.08 Å². The summed E-state index contributed by atoms with van der Waals surface area (Å²) >= 11 is 6.98. The smallest absolute Gasteiger partial charge is 0.343 e. The molecule has 0 atom stereocenters. The van der Waals surface area contributed by atoms with Gasteiger partial charge in [-0.2, -0.15) is 0 Å². The number of esters is 1. The summed E-state index contributed by atoms with van der Waals surface area (Å²) in [6.07, 6.45) is 1.46. The van der Waals surface area contributed by atoms with Crippen molar-refractivity contribution in [1.29, 1.82) is 0 Å². The van der Waals surface area contributed by atoms with Gasteiger partial charge in [-0.3, -0.25) is 19.3 Å². The fourth-order valence-electron chi connectivity index (χ4n) is 2.92. The van der Waals surface area contributed by atoms with Crippen LogP contribution in [0.2, 0.25) is 5.02 Å². The molecule has 0 spiro atoms. The van der Waals surface area contributed by atoms with Crippen LogP contribution in [-0.2, 0) is 19.1 Å². The van der Waals surface area contributed by atoms with Gasteiger partial charge >= 0.3 is 5.97 Å². The van der Waals surface area contributed by atoms with E-state index < -0.39 is 29.6 Å². The summed E-state index contributed by atoms with van der Waals surface area (Å²) in [5, 5.41) is 2.23. The molecule has 0 radical (unpaired) electrons. The lowest BCUT2D eigenvalue weighted by Crippen LogP contribution is -2.36. The molecule has 2 aromatic rings. The highest BCUT2D eigenvalue weighted by Crippen LogP contribution is 2.39. The zero-order valence-corrected chi connectivity index (χ0v) is 20.1. The van der Waals surface area contributed by atoms with Crippen molar-refractivity contribution in [3.63, 3.8) is 0 Å². The first-order chi connectivity index (χ1) is 16.2. The van der Waals surface area contributed by atoms with Gasteiger partial charge in [-0.25, -0.2) is 4.79 Å². The van der Waals surface area contributed by atoms with Crippen LogP contribution in [0.1, 0.15) is 11.1 Å². The SMILES string of the molecule is COC(=O)COc1c(Cl)cc(/C=C2/SC(=O)N(CC(=O)Nc3ccc(C)cc3)C2=O)cc1OC. The third kappa shape index (κ3) is 6.09. The van der Waals surface area contributed by atoms with E-state index >= 15 is 0 Å². The van der Waals surface area contributed by atoms with Crippen molar-refractivity contribution in [3.8, 4) is 11.5 Å². The summed E-state index contributed by atoms with van der Waals surface area (Å²) in [5.41, 5.74) is 2.06. The van der Waals surface area contributed by atoms with Crippen LogP contribution < -0.4 is 14.8 Å². The molecule has 0 aromatic heterocycles. The van der Waals surface area contributed by atoms with Gasteiger partial charge in [-0.15, -0.1) is 0 Å². The quantitative estimate of drug-likeness (QED) is 0.426. The van der Waals surface area contributed by atoms with E-state index in [4.69, 9.17) is 21.1 Å². The van der Waals surface area contributed by atoms with Gasteiger partial charge in [0.25, 0.3) is 11.1 Å². The number of methoxy groups -OCH3 is 2. The van der Waals surface area contributed by atoms with E-state index in [1.54, 1.807) is 12.1 Å². The van der Waals surface area contributed by atoms with Crippen molar-refractivity contribution in [2.24, 2.45) is 0 Å². The summed E-state index contributed by atoms with van der Waals surface area (Å²) in [5.74, 6) is -1.34. The molecule has 1 fully saturated rings. The Morgan fingerprint density at radius 3 is 2.50 bits per heavy atom. The molecule has 0 aliphatic carbocycles. The molecule has 3 amide bonds. The van der Waals surface area contributed by atoms with Crippen molar-refractivity contribution in [2.45, 2.75) is 6.92 Å². The number of nitrogens with one attached hydrogen (secondary N) is 1. The monoisotopic (exact) mass is 504 g/mol. The predicted octanol–water partition coefficient (Wildman–Crippen LogP) is 3.88. The molecule has 178 valence electrons. The molecule has 3 rings (SSSR count). The zero-order chi connectivity index (χ0) is 24.8. The van der Waals surface area contributed by atoms with E-state index in [0.717, 1.165) is 10.5 Å². The first kappa shape index (κ1) is 25.1. The number of carbonyl (C=O) groups excluding carboxylic acids is 4. The summed E-state index contributed by atoms with van der Waals surface area (Å²) in [7, 11) is 2.62. The zero-order valence-electron chi connectivity index (χ0n) is 18.5. The van der Waals surface area contributed by atoms with Gasteiger partial charge in [0, 0.05) is 5.69 Å². The Bertz CT molecular complexity index is 1160. The van der Waals surface area contributed by atoms with Gasteiger partial charge in [-0.05, 0) is 54.6 Å². The van der Waals surface area contributed by atoms with E-state index in [-0.39, 0.29) is 28.0 Å². The molecular formula is C23H21ClN2O7S. The van der Waals surface area contributed by atoms with Crippen LogP contribution in [0.5, 0.6) is 11.5 Å². The third-order valence-corrected chi connectivity index (χ3v) is 5.81. The Hall–Kier alpha value is -3.50. The Kier molecular flexibility index (Phi) is 8.19. The van der Waals surface area contributed by atoms with E-state index in [1.807, 2.05) is 19.1 Å². The highest BCUT2D eigenvalue weighted by Gasteiger charge is 2.36. The minimum absolute atomic E-state index is 0.120. The number of nitrogens with zero attached hydrogens (tertiary/aromatic N) is 1. The maximum absolute atomic E-state index is 12.8. The van der Waals surface area contributed by atoms with Crippen LogP contribution in [0, 0.1) is 6.92 Å². The van der Waals surface area contributed by atoms with Gasteiger partial charge in [0.15, 0.2) is 18.1 Å². The number of hydrogen-bond donors (Lipinski definition) is 1. The third-order valence-electron chi connectivity index (χ3n) is 4.62. The predicted molar refractivity (Wildman–Crippen MR) is 128 cm³/mol. The lowest BCUT2D eigenvalue weighted by molar-refractivity contribution is -0.143. The van der Waals surface area contributed by atoms with Crippen molar-refractivity contribution in [2.75, 3.05) is 32.7 Å². The fourth-order valence-corrected chi connectivity index (χ4v) is 4.03. The second-order valence-corrected chi connectivity index (χ2v) is 8.48. The molecule has 1 aliphatic rings. The number of ether oxygens (including phenoxy) is 3. The minimum atomic E-state index is -0.602. The number of rotatable bonds is 8. The number of aryl methyl sites for hydroxylation is 1. The van der Waals surface area contributed by atoms with Crippen LogP contribution >= 0.6 is 23.4 Å². The van der Waals surface area contributed by atoms with E-state index in [1.165, 1.54) is 32.4 Å². The number of carbonyl (C=O) groups is 4. The van der Waals surface area contributed by atoms with Gasteiger partial charge < -0.3 is 19.5 Å². The Balaban J connectivity index is 1.73. The van der Waals surface area contributed by atoms with Gasteiger partial charge in [0.05, 0.1) is 24.1 Å². The van der Waals surface area contributed by atoms with Crippen molar-refractivity contribution < 1.29 is 33.4 Å². The second-order valence-electron chi connectivity index (χ2n) is 7.08. The maximum Gasteiger partial charge on any atom is 0.343 e. The summed E-state index contributed by atoms with van der Waals surface area (Å²) in [6, 6.07) is 10.2. The number of thioether (sulfide) groups is 1. The number of amides is 3. The van der Waals surface area contributed by atoms with E-state index in [9.17, 15) is 19.2 Å². The van der Waals surface area contributed by atoms with Crippen LogP contribution in [0.15, 0.2) is 41.3 Å². The molecular weight excluding hydrogens is 484 g/mol. The van der Waals surface area contributed by atoms with E-state index in [0.29, 0.717) is 23.0 Å². The van der Waals surface area contributed by atoms with Crippen molar-refractivity contribution >= 4 is 58.1 Å². The highest BCUT2D eigenvalue weighted by atomic mass is 35.5. The second kappa shape index (κ2) is 11.1. The number of benzene rings is 2. The van der Waals surface area contributed by atoms with Crippen molar-refractivity contribution in [1.82, 2.24) is 4.90 Å². The largest absolute Gasteiger partial charge is 0.493 e. The summed E-state index contributed by atoms with van der Waals surface area (Å²) in [6.45, 7) is 1.14. The molecule has 0 unspecified atom stereocenters. The first-order valence-corrected chi connectivity index (χ1v) is 11.1. The Morgan fingerprint density at radius 1 is 1.15 bits per heavy atom. The molecule has 1 aliphatic heterocycles. The average molecular weight is 505 g/mol. The van der Waals surface area contributed by atoms with Crippen LogP contribution in [0.3, 0.4) is 0 Å². The molecule has 1 N–H and O–H groups in total. The van der Waals surface area contributed by atoms with Crippen molar-refractivity contribution in [3.05, 3.63) is 57.5 Å². The normalized spacial score (nSPS) is 14.4. The topological polar surface area (TPSA) is 111 Å². The number of hydrogen-bond acceptors (Lipinski definition) is 8. The standard InChI is InChI=1S/C23H21ClN2O7S/c1-13-4-6-15(7-5-13)25-19(27)11-26-22(29)18(34-23(26)30)10-14-8-16(24)21(17(9-14)31-2)33-12-20(28)32-3/h4-10H,11-12H2,1-3H3,(H,25,27)/b18-10+. The summed E-state index contributed by atoms with van der Waals surface area (Å²) in [4.78, 5) is 49.8. The number of halogens is 1. The van der Waals surface area contributed by atoms with Crippen LogP contribution in [-0.4, -0.2) is 55.3 Å². The number of anilines is 1. The Morgan fingerprint density at radius 2 is 1.85 bits per heavy atom. The van der Waals surface area contributed by atoms with Gasteiger partial charge in [0.2, 0.25) is 5.91 Å². The molecule has 0 bridgehead atoms. The van der Waals surface area contributed by atoms with Crippen LogP contribution in [0.4, 0.5) is 10.5 Å². The van der Waals surface area contributed by atoms with E-state index in [2.05, 4.69) is 10.1 Å². The maximum atomic E-state index is 12.8. The number of imide groups is 1. The molecule has 11 heteroatoms. The lowest BCUT2D eigenvalue weighted by atomic mass is 10.1.